The fourth-order valence-corrected chi connectivity index (χ4v) is 4.29. The van der Waals surface area contributed by atoms with Crippen LogP contribution in [0.2, 0.25) is 0 Å². The minimum Gasteiger partial charge on any atom is -0.352 e. The molecule has 37 heavy (non-hydrogen) atoms. The summed E-state index contributed by atoms with van der Waals surface area (Å²) < 4.78 is 13.7. The number of carbonyl (C=O) groups is 2. The highest BCUT2D eigenvalue weighted by Gasteiger charge is 2.26. The molecule has 0 unspecified atom stereocenters. The predicted molar refractivity (Wildman–Crippen MR) is 143 cm³/mol. The van der Waals surface area contributed by atoms with E-state index < -0.39 is 5.82 Å². The zero-order valence-electron chi connectivity index (χ0n) is 21.7. The summed E-state index contributed by atoms with van der Waals surface area (Å²) in [5, 5.41) is 8.81. The van der Waals surface area contributed by atoms with Gasteiger partial charge in [0.15, 0.2) is 5.82 Å². The fourth-order valence-electron chi connectivity index (χ4n) is 4.29. The van der Waals surface area contributed by atoms with Gasteiger partial charge in [0.05, 0.1) is 5.69 Å². The van der Waals surface area contributed by atoms with E-state index in [9.17, 15) is 14.0 Å². The third kappa shape index (κ3) is 6.90. The van der Waals surface area contributed by atoms with Gasteiger partial charge >= 0.3 is 0 Å². The molecule has 0 aliphatic carbocycles. The van der Waals surface area contributed by atoms with Gasteiger partial charge in [-0.1, -0.05) is 49.7 Å². The number of carbonyl (C=O) groups excluding carboxylic acids is 2. The topological polar surface area (TPSA) is 69.6 Å². The van der Waals surface area contributed by atoms with E-state index >= 15 is 0 Å². The van der Waals surface area contributed by atoms with Gasteiger partial charge in [-0.2, -0.15) is 0 Å². The third-order valence-electron chi connectivity index (χ3n) is 6.62. The van der Waals surface area contributed by atoms with Crippen molar-refractivity contribution in [3.05, 3.63) is 77.6 Å². The normalized spacial score (nSPS) is 13.6. The van der Waals surface area contributed by atoms with Crippen molar-refractivity contribution in [1.82, 2.24) is 20.0 Å². The third-order valence-corrected chi connectivity index (χ3v) is 6.62. The molecule has 194 valence electrons. The van der Waals surface area contributed by atoms with Crippen molar-refractivity contribution in [2.75, 3.05) is 44.2 Å². The number of piperazine rings is 1. The first-order valence-corrected chi connectivity index (χ1v) is 12.8. The second-order valence-corrected chi connectivity index (χ2v) is 9.93. The van der Waals surface area contributed by atoms with Crippen LogP contribution in [0.1, 0.15) is 36.2 Å². The summed E-state index contributed by atoms with van der Waals surface area (Å²) in [5.74, 6) is 0.264. The molecule has 2 heterocycles. The van der Waals surface area contributed by atoms with Crippen LogP contribution in [0.5, 0.6) is 0 Å². The van der Waals surface area contributed by atoms with Crippen LogP contribution >= 0.6 is 0 Å². The standard InChI is InChI=1S/C29H34FN5O2/c1-21(2)13-14-35(29(37)24-5-4-6-25(30)19-24)20-28(36)34-17-15-33(16-18-34)27-12-11-26(31-32-27)23-9-7-22(3)8-10-23/h4-12,19,21H,13-18,20H2,1-3H3. The molecule has 0 N–H and O–H groups in total. The molecule has 0 spiro atoms. The van der Waals surface area contributed by atoms with Crippen molar-refractivity contribution in [3.63, 3.8) is 0 Å². The minimum absolute atomic E-state index is 0.0207. The minimum atomic E-state index is -0.466. The molecule has 1 aliphatic rings. The molecule has 1 fully saturated rings. The highest BCUT2D eigenvalue weighted by Crippen LogP contribution is 2.20. The first-order chi connectivity index (χ1) is 17.8. The average Bonchev–Trinajstić information content (AvgIpc) is 2.91. The quantitative estimate of drug-likeness (QED) is 0.455. The van der Waals surface area contributed by atoms with E-state index in [0.717, 1.165) is 23.5 Å². The van der Waals surface area contributed by atoms with Gasteiger partial charge in [-0.25, -0.2) is 4.39 Å². The maximum Gasteiger partial charge on any atom is 0.254 e. The summed E-state index contributed by atoms with van der Waals surface area (Å²) in [5.41, 5.74) is 3.30. The molecule has 1 saturated heterocycles. The Hall–Kier alpha value is -3.81. The number of hydrogen-bond acceptors (Lipinski definition) is 5. The van der Waals surface area contributed by atoms with Gasteiger partial charge in [-0.15, -0.1) is 10.2 Å². The Bertz CT molecular complexity index is 1210. The second kappa shape index (κ2) is 12.0. The van der Waals surface area contributed by atoms with E-state index in [1.807, 2.05) is 24.3 Å². The number of rotatable bonds is 8. The highest BCUT2D eigenvalue weighted by atomic mass is 19.1. The maximum absolute atomic E-state index is 13.7. The lowest BCUT2D eigenvalue weighted by molar-refractivity contribution is -0.132. The van der Waals surface area contributed by atoms with Gasteiger partial charge in [-0.05, 0) is 49.6 Å². The predicted octanol–water partition coefficient (Wildman–Crippen LogP) is 4.43. The summed E-state index contributed by atoms with van der Waals surface area (Å²) in [6.07, 6.45) is 0.763. The van der Waals surface area contributed by atoms with Crippen molar-refractivity contribution < 1.29 is 14.0 Å². The van der Waals surface area contributed by atoms with Crippen molar-refractivity contribution >= 4 is 17.6 Å². The monoisotopic (exact) mass is 503 g/mol. The summed E-state index contributed by atoms with van der Waals surface area (Å²) >= 11 is 0. The Labute approximate surface area is 217 Å². The van der Waals surface area contributed by atoms with Crippen molar-refractivity contribution in [2.45, 2.75) is 27.2 Å². The molecule has 1 aromatic heterocycles. The van der Waals surface area contributed by atoms with Crippen LogP contribution in [-0.2, 0) is 4.79 Å². The number of anilines is 1. The van der Waals surface area contributed by atoms with E-state index in [2.05, 4.69) is 48.0 Å². The molecule has 1 aliphatic heterocycles. The number of benzene rings is 2. The van der Waals surface area contributed by atoms with E-state index in [0.29, 0.717) is 38.6 Å². The molecule has 0 radical (unpaired) electrons. The van der Waals surface area contributed by atoms with Crippen LogP contribution in [0.3, 0.4) is 0 Å². The maximum atomic E-state index is 13.7. The first-order valence-electron chi connectivity index (χ1n) is 12.8. The molecule has 0 bridgehead atoms. The van der Waals surface area contributed by atoms with Crippen LogP contribution in [0, 0.1) is 18.7 Å². The lowest BCUT2D eigenvalue weighted by Gasteiger charge is -2.36. The van der Waals surface area contributed by atoms with Gasteiger partial charge in [-0.3, -0.25) is 9.59 Å². The number of halogens is 1. The van der Waals surface area contributed by atoms with E-state index in [4.69, 9.17) is 0 Å². The van der Waals surface area contributed by atoms with Crippen LogP contribution in [0.25, 0.3) is 11.3 Å². The first kappa shape index (κ1) is 26.3. The van der Waals surface area contributed by atoms with Gasteiger partial charge in [0.2, 0.25) is 5.91 Å². The summed E-state index contributed by atoms with van der Waals surface area (Å²) in [4.78, 5) is 31.7. The molecule has 8 heteroatoms. The molecular formula is C29H34FN5O2. The number of aryl methyl sites for hydroxylation is 1. The van der Waals surface area contributed by atoms with Crippen LogP contribution in [-0.4, -0.2) is 71.1 Å². The van der Waals surface area contributed by atoms with Gasteiger partial charge in [0.1, 0.15) is 12.4 Å². The average molecular weight is 504 g/mol. The molecule has 0 atom stereocenters. The van der Waals surface area contributed by atoms with E-state index in [1.165, 1.54) is 23.8 Å². The fraction of sp³-hybridized carbons (Fsp3) is 0.379. The number of nitrogens with zero attached hydrogens (tertiary/aromatic N) is 5. The van der Waals surface area contributed by atoms with Crippen molar-refractivity contribution in [1.29, 1.82) is 0 Å². The second-order valence-electron chi connectivity index (χ2n) is 9.93. The zero-order valence-corrected chi connectivity index (χ0v) is 21.7. The highest BCUT2D eigenvalue weighted by molar-refractivity contribution is 5.96. The number of aromatic nitrogens is 2. The largest absolute Gasteiger partial charge is 0.352 e. The Kier molecular flexibility index (Phi) is 8.48. The van der Waals surface area contributed by atoms with E-state index in [1.54, 1.807) is 15.9 Å². The number of hydrogen-bond donors (Lipinski definition) is 0. The summed E-state index contributed by atoms with van der Waals surface area (Å²) in [6, 6.07) is 17.7. The number of amides is 2. The zero-order chi connectivity index (χ0) is 26.4. The van der Waals surface area contributed by atoms with Crippen LogP contribution in [0.15, 0.2) is 60.7 Å². The van der Waals surface area contributed by atoms with Crippen LogP contribution in [0.4, 0.5) is 10.2 Å². The van der Waals surface area contributed by atoms with Gasteiger partial charge in [0.25, 0.3) is 5.91 Å². The summed E-state index contributed by atoms with van der Waals surface area (Å²) in [7, 11) is 0. The lowest BCUT2D eigenvalue weighted by Crippen LogP contribution is -2.52. The Morgan fingerprint density at radius 2 is 1.70 bits per heavy atom. The molecule has 7 nitrogen and oxygen atoms in total. The van der Waals surface area contributed by atoms with Crippen molar-refractivity contribution in [3.8, 4) is 11.3 Å². The molecular weight excluding hydrogens is 469 g/mol. The molecule has 3 aromatic rings. The smallest absolute Gasteiger partial charge is 0.254 e. The Morgan fingerprint density at radius 3 is 2.32 bits per heavy atom. The Balaban J connectivity index is 1.35. The van der Waals surface area contributed by atoms with Crippen molar-refractivity contribution in [2.24, 2.45) is 5.92 Å². The molecule has 2 amide bonds. The lowest BCUT2D eigenvalue weighted by atomic mass is 10.1. The molecule has 4 rings (SSSR count). The SMILES string of the molecule is Cc1ccc(-c2ccc(N3CCN(C(=O)CN(CCC(C)C)C(=O)c4cccc(F)c4)CC3)nn2)cc1. The molecule has 0 saturated carbocycles. The summed E-state index contributed by atoms with van der Waals surface area (Å²) in [6.45, 7) is 8.95. The Morgan fingerprint density at radius 1 is 0.973 bits per heavy atom. The van der Waals surface area contributed by atoms with E-state index in [-0.39, 0.29) is 23.9 Å². The van der Waals surface area contributed by atoms with Gasteiger partial charge < -0.3 is 14.7 Å². The van der Waals surface area contributed by atoms with Gasteiger partial charge in [0, 0.05) is 43.9 Å². The van der Waals surface area contributed by atoms with Crippen LogP contribution < -0.4 is 4.90 Å². The molecule has 2 aromatic carbocycles.